The maximum Gasteiger partial charge on any atom is 0.0432 e. The lowest BCUT2D eigenvalue weighted by Gasteiger charge is -2.11. The summed E-state index contributed by atoms with van der Waals surface area (Å²) in [6.45, 7) is 0. The number of para-hydroxylation sites is 2. The molecule has 1 aliphatic rings. The molecule has 0 bridgehead atoms. The zero-order chi connectivity index (χ0) is 11.0. The van der Waals surface area contributed by atoms with Gasteiger partial charge in [0.2, 0.25) is 0 Å². The number of hydrogen-bond donors (Lipinski definition) is 2. The van der Waals surface area contributed by atoms with Crippen LogP contribution < -0.4 is 11.1 Å². The molecular weight excluding hydrogens is 196 g/mol. The van der Waals surface area contributed by atoms with Crippen LogP contribution in [0.5, 0.6) is 0 Å². The molecule has 1 atom stereocenters. The second kappa shape index (κ2) is 3.65. The first-order valence-electron chi connectivity index (χ1n) is 5.54. The number of benzene rings is 2. The summed E-state index contributed by atoms with van der Waals surface area (Å²) < 4.78 is 0. The molecular formula is C14H14N2. The number of hydrogen-bond acceptors (Lipinski definition) is 2. The van der Waals surface area contributed by atoms with Gasteiger partial charge in [-0.05, 0) is 29.7 Å². The fourth-order valence-corrected chi connectivity index (χ4v) is 2.25. The van der Waals surface area contributed by atoms with Gasteiger partial charge in [0.1, 0.15) is 0 Å². The lowest BCUT2D eigenvalue weighted by molar-refractivity contribution is 0.731. The summed E-state index contributed by atoms with van der Waals surface area (Å²) in [5, 5.41) is 3.45. The lowest BCUT2D eigenvalue weighted by atomic mass is 10.00. The minimum Gasteiger partial charge on any atom is -0.355 e. The number of nitrogens with one attached hydrogen (secondary N) is 1. The van der Waals surface area contributed by atoms with Gasteiger partial charge in [-0.15, -0.1) is 0 Å². The fourth-order valence-electron chi connectivity index (χ4n) is 2.25. The van der Waals surface area contributed by atoms with Crippen LogP contribution in [0.1, 0.15) is 17.2 Å². The van der Waals surface area contributed by atoms with Crippen molar-refractivity contribution in [1.29, 1.82) is 0 Å². The predicted octanol–water partition coefficient (Wildman–Crippen LogP) is 2.99. The normalized spacial score (nSPS) is 17.9. The molecule has 1 heterocycles. The van der Waals surface area contributed by atoms with Gasteiger partial charge in [0, 0.05) is 17.4 Å². The van der Waals surface area contributed by atoms with Crippen LogP contribution in [0.25, 0.3) is 0 Å². The van der Waals surface area contributed by atoms with Crippen molar-refractivity contribution in [2.24, 2.45) is 5.73 Å². The molecule has 1 unspecified atom stereocenters. The van der Waals surface area contributed by atoms with E-state index in [0.29, 0.717) is 0 Å². The molecule has 16 heavy (non-hydrogen) atoms. The molecule has 80 valence electrons. The van der Waals surface area contributed by atoms with E-state index in [2.05, 4.69) is 35.6 Å². The predicted molar refractivity (Wildman–Crippen MR) is 66.8 cm³/mol. The molecule has 0 aromatic heterocycles. The molecule has 0 spiro atoms. The third kappa shape index (κ3) is 1.48. The van der Waals surface area contributed by atoms with Gasteiger partial charge in [-0.1, -0.05) is 36.4 Å². The van der Waals surface area contributed by atoms with Gasteiger partial charge in [-0.25, -0.2) is 0 Å². The number of nitrogens with two attached hydrogens (primary N) is 1. The second-order valence-electron chi connectivity index (χ2n) is 4.18. The van der Waals surface area contributed by atoms with Gasteiger partial charge in [0.15, 0.2) is 0 Å². The van der Waals surface area contributed by atoms with E-state index in [0.717, 1.165) is 12.1 Å². The summed E-state index contributed by atoms with van der Waals surface area (Å²) in [5.41, 5.74) is 11.0. The van der Waals surface area contributed by atoms with E-state index < -0.39 is 0 Å². The molecule has 1 aliphatic heterocycles. The van der Waals surface area contributed by atoms with Crippen LogP contribution in [-0.4, -0.2) is 0 Å². The van der Waals surface area contributed by atoms with Crippen molar-refractivity contribution in [2.45, 2.75) is 12.5 Å². The molecule has 0 radical (unpaired) electrons. The van der Waals surface area contributed by atoms with Crippen molar-refractivity contribution in [3.8, 4) is 0 Å². The smallest absolute Gasteiger partial charge is 0.0432 e. The standard InChI is InChI=1S/C14H14N2/c15-12-9-10-5-1-3-7-13(10)16-14-8-4-2-6-11(12)14/h1-8,12,16H,9,15H2. The molecule has 3 rings (SSSR count). The molecule has 3 N–H and O–H groups in total. The molecule has 2 aromatic carbocycles. The number of fused-ring (bicyclic) bond motifs is 2. The second-order valence-corrected chi connectivity index (χ2v) is 4.18. The van der Waals surface area contributed by atoms with Crippen LogP contribution in [0.2, 0.25) is 0 Å². The van der Waals surface area contributed by atoms with Crippen LogP contribution in [-0.2, 0) is 6.42 Å². The van der Waals surface area contributed by atoms with Crippen molar-refractivity contribution in [1.82, 2.24) is 0 Å². The maximum atomic E-state index is 6.22. The zero-order valence-electron chi connectivity index (χ0n) is 8.98. The minimum absolute atomic E-state index is 0.0762. The summed E-state index contributed by atoms with van der Waals surface area (Å²) in [6, 6.07) is 16.7. The lowest BCUT2D eigenvalue weighted by Crippen LogP contribution is -2.12. The first kappa shape index (κ1) is 9.43. The SMILES string of the molecule is NC1Cc2ccccc2Nc2ccccc21. The van der Waals surface area contributed by atoms with E-state index in [1.165, 1.54) is 16.8 Å². The van der Waals surface area contributed by atoms with Crippen LogP contribution in [0, 0.1) is 0 Å². The van der Waals surface area contributed by atoms with Crippen LogP contribution >= 0.6 is 0 Å². The zero-order valence-corrected chi connectivity index (χ0v) is 8.98. The molecule has 0 fully saturated rings. The van der Waals surface area contributed by atoms with E-state index in [4.69, 9.17) is 5.73 Å². The summed E-state index contributed by atoms with van der Waals surface area (Å²) in [5.74, 6) is 0. The van der Waals surface area contributed by atoms with Crippen LogP contribution in [0.4, 0.5) is 11.4 Å². The Balaban J connectivity index is 2.15. The summed E-state index contributed by atoms with van der Waals surface area (Å²) in [6.07, 6.45) is 0.889. The minimum atomic E-state index is 0.0762. The Kier molecular flexibility index (Phi) is 2.15. The Bertz CT molecular complexity index is 520. The highest BCUT2D eigenvalue weighted by molar-refractivity contribution is 5.68. The third-order valence-electron chi connectivity index (χ3n) is 3.09. The molecule has 2 heteroatoms. The monoisotopic (exact) mass is 210 g/mol. The van der Waals surface area contributed by atoms with Gasteiger partial charge >= 0.3 is 0 Å². The summed E-state index contributed by atoms with van der Waals surface area (Å²) in [7, 11) is 0. The topological polar surface area (TPSA) is 38.0 Å². The quantitative estimate of drug-likeness (QED) is 0.701. The van der Waals surface area contributed by atoms with Crippen molar-refractivity contribution in [3.63, 3.8) is 0 Å². The summed E-state index contributed by atoms with van der Waals surface area (Å²) >= 11 is 0. The van der Waals surface area contributed by atoms with Crippen molar-refractivity contribution in [3.05, 3.63) is 59.7 Å². The van der Waals surface area contributed by atoms with Gasteiger partial charge in [0.25, 0.3) is 0 Å². The Morgan fingerprint density at radius 3 is 2.50 bits per heavy atom. The third-order valence-corrected chi connectivity index (χ3v) is 3.09. The molecule has 0 saturated heterocycles. The van der Waals surface area contributed by atoms with E-state index in [1.54, 1.807) is 0 Å². The average molecular weight is 210 g/mol. The van der Waals surface area contributed by atoms with Crippen molar-refractivity contribution >= 4 is 11.4 Å². The maximum absolute atomic E-state index is 6.22. The highest BCUT2D eigenvalue weighted by Crippen LogP contribution is 2.33. The van der Waals surface area contributed by atoms with Crippen LogP contribution in [0.15, 0.2) is 48.5 Å². The Hall–Kier alpha value is -1.80. The number of anilines is 2. The fraction of sp³-hybridized carbons (Fsp3) is 0.143. The molecule has 0 saturated carbocycles. The molecule has 0 amide bonds. The van der Waals surface area contributed by atoms with Gasteiger partial charge in [-0.2, -0.15) is 0 Å². The molecule has 0 aliphatic carbocycles. The van der Waals surface area contributed by atoms with Gasteiger partial charge in [0.05, 0.1) is 0 Å². The van der Waals surface area contributed by atoms with E-state index in [9.17, 15) is 0 Å². The largest absolute Gasteiger partial charge is 0.355 e. The van der Waals surface area contributed by atoms with Crippen molar-refractivity contribution in [2.75, 3.05) is 5.32 Å². The van der Waals surface area contributed by atoms with Gasteiger partial charge in [-0.3, -0.25) is 0 Å². The van der Waals surface area contributed by atoms with E-state index in [1.807, 2.05) is 18.2 Å². The number of rotatable bonds is 0. The highest BCUT2D eigenvalue weighted by Gasteiger charge is 2.17. The Labute approximate surface area is 95.1 Å². The first-order valence-corrected chi connectivity index (χ1v) is 5.54. The highest BCUT2D eigenvalue weighted by atomic mass is 14.9. The first-order chi connectivity index (χ1) is 7.84. The van der Waals surface area contributed by atoms with Crippen molar-refractivity contribution < 1.29 is 0 Å². The molecule has 2 nitrogen and oxygen atoms in total. The average Bonchev–Trinajstić information content (AvgIpc) is 2.45. The van der Waals surface area contributed by atoms with E-state index >= 15 is 0 Å². The van der Waals surface area contributed by atoms with E-state index in [-0.39, 0.29) is 6.04 Å². The van der Waals surface area contributed by atoms with Crippen LogP contribution in [0.3, 0.4) is 0 Å². The summed E-state index contributed by atoms with van der Waals surface area (Å²) in [4.78, 5) is 0. The molecule has 2 aromatic rings. The van der Waals surface area contributed by atoms with Gasteiger partial charge < -0.3 is 11.1 Å². The Morgan fingerprint density at radius 2 is 1.62 bits per heavy atom. The Morgan fingerprint density at radius 1 is 0.938 bits per heavy atom.